The second-order valence-electron chi connectivity index (χ2n) is 9.52. The number of dihydropyridines is 1. The van der Waals surface area contributed by atoms with Gasteiger partial charge >= 0.3 is 5.97 Å². The van der Waals surface area contributed by atoms with Crippen LogP contribution in [0.3, 0.4) is 0 Å². The first-order valence-electron chi connectivity index (χ1n) is 13.0. The first kappa shape index (κ1) is 26.8. The Morgan fingerprint density at radius 2 is 1.67 bits per heavy atom. The number of carbonyl (C=O) groups excluding carboxylic acids is 2. The van der Waals surface area contributed by atoms with Crippen molar-refractivity contribution in [3.8, 4) is 11.5 Å². The van der Waals surface area contributed by atoms with Gasteiger partial charge in [-0.15, -0.1) is 0 Å². The number of benzene rings is 3. The summed E-state index contributed by atoms with van der Waals surface area (Å²) in [5.74, 6) is -0.137. The lowest BCUT2D eigenvalue weighted by atomic mass is 9.79. The minimum atomic E-state index is -0.651. The Kier molecular flexibility index (Phi) is 7.62. The summed E-state index contributed by atoms with van der Waals surface area (Å²) in [6, 6.07) is 19.4. The zero-order valence-corrected chi connectivity index (χ0v) is 24.0. The van der Waals surface area contributed by atoms with Gasteiger partial charge in [-0.3, -0.25) is 4.79 Å². The Hall–Kier alpha value is -3.84. The van der Waals surface area contributed by atoms with Gasteiger partial charge < -0.3 is 19.5 Å². The number of Topliss-reactive ketones (excluding diaryl/α,β-unsaturated/α-hetero) is 1. The van der Waals surface area contributed by atoms with Crippen LogP contribution >= 0.6 is 15.9 Å². The Morgan fingerprint density at radius 1 is 0.949 bits per heavy atom. The third-order valence-corrected chi connectivity index (χ3v) is 7.50. The quantitative estimate of drug-likeness (QED) is 0.290. The number of hydrogen-bond acceptors (Lipinski definition) is 6. The molecule has 0 amide bonds. The molecule has 0 bridgehead atoms. The molecule has 0 saturated heterocycles. The molecule has 3 aromatic carbocycles. The molecule has 7 heteroatoms. The van der Waals surface area contributed by atoms with Crippen LogP contribution in [0.15, 0.2) is 82.0 Å². The highest BCUT2D eigenvalue weighted by molar-refractivity contribution is 9.10. The molecule has 5 rings (SSSR count). The van der Waals surface area contributed by atoms with Crippen LogP contribution in [0.25, 0.3) is 5.70 Å². The van der Waals surface area contributed by atoms with Crippen LogP contribution in [0.1, 0.15) is 59.3 Å². The number of rotatable bonds is 8. The summed E-state index contributed by atoms with van der Waals surface area (Å²) in [4.78, 5) is 27.0. The first-order chi connectivity index (χ1) is 18.8. The molecule has 3 aromatic rings. The molecule has 1 heterocycles. The van der Waals surface area contributed by atoms with Crippen molar-refractivity contribution in [2.45, 2.75) is 40.2 Å². The van der Waals surface area contributed by atoms with Crippen LogP contribution in [0.5, 0.6) is 11.5 Å². The lowest BCUT2D eigenvalue weighted by Gasteiger charge is -2.30. The second kappa shape index (κ2) is 11.1. The minimum Gasteiger partial charge on any atom is -0.490 e. The Bertz CT molecular complexity index is 1520. The van der Waals surface area contributed by atoms with E-state index in [1.807, 2.05) is 81.4 Å². The summed E-state index contributed by atoms with van der Waals surface area (Å²) in [6.45, 7) is 8.56. The van der Waals surface area contributed by atoms with Crippen molar-refractivity contribution in [1.82, 2.24) is 5.32 Å². The Labute approximate surface area is 236 Å². The van der Waals surface area contributed by atoms with Crippen molar-refractivity contribution >= 4 is 33.4 Å². The molecule has 6 nitrogen and oxygen atoms in total. The van der Waals surface area contributed by atoms with Gasteiger partial charge in [-0.1, -0.05) is 54.1 Å². The SMILES string of the molecule is CCOC(=O)C1=C(C)NC2=C(C(=O)c3ccccc32)[C@H]1c1cc(Br)c(OCc2ccc(C)cc2)c(OCC)c1. The molecule has 0 spiro atoms. The minimum absolute atomic E-state index is 0.110. The summed E-state index contributed by atoms with van der Waals surface area (Å²) >= 11 is 3.68. The van der Waals surface area contributed by atoms with Gasteiger partial charge in [-0.25, -0.2) is 4.79 Å². The summed E-state index contributed by atoms with van der Waals surface area (Å²) in [6.07, 6.45) is 0. The number of aryl methyl sites for hydroxylation is 1. The largest absolute Gasteiger partial charge is 0.490 e. The molecular weight excluding hydrogens is 558 g/mol. The molecule has 1 aliphatic heterocycles. The van der Waals surface area contributed by atoms with Gasteiger partial charge in [0.05, 0.1) is 29.0 Å². The van der Waals surface area contributed by atoms with Crippen LogP contribution in [0.2, 0.25) is 0 Å². The lowest BCUT2D eigenvalue weighted by Crippen LogP contribution is -2.29. The molecular formula is C32H30BrNO5. The number of ketones is 1. The van der Waals surface area contributed by atoms with Crippen LogP contribution < -0.4 is 14.8 Å². The molecule has 2 aliphatic rings. The highest BCUT2D eigenvalue weighted by atomic mass is 79.9. The van der Waals surface area contributed by atoms with E-state index in [0.29, 0.717) is 51.6 Å². The third kappa shape index (κ3) is 4.99. The maximum atomic E-state index is 13.8. The molecule has 0 aromatic heterocycles. The van der Waals surface area contributed by atoms with E-state index in [2.05, 4.69) is 21.2 Å². The lowest BCUT2D eigenvalue weighted by molar-refractivity contribution is -0.138. The monoisotopic (exact) mass is 587 g/mol. The van der Waals surface area contributed by atoms with E-state index >= 15 is 0 Å². The zero-order valence-electron chi connectivity index (χ0n) is 22.4. The zero-order chi connectivity index (χ0) is 27.7. The number of esters is 1. The molecule has 0 unspecified atom stereocenters. The number of ether oxygens (including phenoxy) is 3. The van der Waals surface area contributed by atoms with E-state index in [1.165, 1.54) is 5.56 Å². The van der Waals surface area contributed by atoms with Crippen molar-refractivity contribution < 1.29 is 23.8 Å². The maximum absolute atomic E-state index is 13.8. The van der Waals surface area contributed by atoms with Crippen molar-refractivity contribution in [1.29, 1.82) is 0 Å². The number of nitrogens with one attached hydrogen (secondary N) is 1. The molecule has 1 aliphatic carbocycles. The van der Waals surface area contributed by atoms with Gasteiger partial charge in [0.2, 0.25) is 0 Å². The Morgan fingerprint density at radius 3 is 2.36 bits per heavy atom. The molecule has 39 heavy (non-hydrogen) atoms. The number of fused-ring (bicyclic) bond motifs is 2. The van der Waals surface area contributed by atoms with Crippen molar-refractivity contribution in [2.24, 2.45) is 0 Å². The number of halogens is 1. The number of hydrogen-bond donors (Lipinski definition) is 1. The third-order valence-electron chi connectivity index (χ3n) is 6.91. The van der Waals surface area contributed by atoms with E-state index in [9.17, 15) is 9.59 Å². The van der Waals surface area contributed by atoms with Crippen LogP contribution in [-0.2, 0) is 16.1 Å². The summed E-state index contributed by atoms with van der Waals surface area (Å²) in [5, 5.41) is 3.33. The van der Waals surface area contributed by atoms with E-state index in [0.717, 1.165) is 22.4 Å². The highest BCUT2D eigenvalue weighted by Crippen LogP contribution is 2.49. The predicted molar refractivity (Wildman–Crippen MR) is 154 cm³/mol. The van der Waals surface area contributed by atoms with E-state index in [-0.39, 0.29) is 12.4 Å². The number of allylic oxidation sites excluding steroid dienone is 2. The highest BCUT2D eigenvalue weighted by Gasteiger charge is 2.43. The van der Waals surface area contributed by atoms with Crippen molar-refractivity contribution in [3.05, 3.63) is 110 Å². The second-order valence-corrected chi connectivity index (χ2v) is 10.4. The summed E-state index contributed by atoms with van der Waals surface area (Å²) in [7, 11) is 0. The van der Waals surface area contributed by atoms with Gasteiger partial charge in [0.25, 0.3) is 0 Å². The average Bonchev–Trinajstić information content (AvgIpc) is 3.20. The Balaban J connectivity index is 1.61. The van der Waals surface area contributed by atoms with Crippen molar-refractivity contribution in [2.75, 3.05) is 13.2 Å². The molecule has 0 fully saturated rings. The molecule has 200 valence electrons. The van der Waals surface area contributed by atoms with E-state index in [1.54, 1.807) is 6.92 Å². The normalized spacial score (nSPS) is 16.0. The van der Waals surface area contributed by atoms with Crippen LogP contribution in [0.4, 0.5) is 0 Å². The topological polar surface area (TPSA) is 73.9 Å². The summed E-state index contributed by atoms with van der Waals surface area (Å²) < 4.78 is 18.4. The predicted octanol–water partition coefficient (Wildman–Crippen LogP) is 6.87. The summed E-state index contributed by atoms with van der Waals surface area (Å²) in [5.41, 5.74) is 6.67. The molecule has 1 atom stereocenters. The van der Waals surface area contributed by atoms with Crippen LogP contribution in [0, 0.1) is 6.92 Å². The molecule has 1 N–H and O–H groups in total. The number of carbonyl (C=O) groups is 2. The first-order valence-corrected chi connectivity index (χ1v) is 13.8. The van der Waals surface area contributed by atoms with Gasteiger partial charge in [-0.05, 0) is 66.9 Å². The fourth-order valence-electron chi connectivity index (χ4n) is 5.14. The average molecular weight is 588 g/mol. The van der Waals surface area contributed by atoms with Gasteiger partial charge in [0.1, 0.15) is 6.61 Å². The fraction of sp³-hybridized carbons (Fsp3) is 0.250. The van der Waals surface area contributed by atoms with Crippen molar-refractivity contribution in [3.63, 3.8) is 0 Å². The standard InChI is InChI=1S/C32H30BrNO5/c1-5-37-25-16-21(15-24(33)31(25)39-17-20-13-11-18(3)12-14-20)27-26(32(36)38-6-2)19(4)34-29-22-9-7-8-10-23(22)30(35)28(27)29/h7-16,27,34H,5-6,17H2,1-4H3/t27-/m0/s1. The molecule has 0 radical (unpaired) electrons. The van der Waals surface area contributed by atoms with E-state index in [4.69, 9.17) is 14.2 Å². The van der Waals surface area contributed by atoms with Gasteiger partial charge in [-0.2, -0.15) is 0 Å². The fourth-order valence-corrected chi connectivity index (χ4v) is 5.71. The van der Waals surface area contributed by atoms with Gasteiger partial charge in [0, 0.05) is 28.3 Å². The van der Waals surface area contributed by atoms with Crippen LogP contribution in [-0.4, -0.2) is 25.0 Å². The maximum Gasteiger partial charge on any atom is 0.336 e. The van der Waals surface area contributed by atoms with E-state index < -0.39 is 11.9 Å². The van der Waals surface area contributed by atoms with Gasteiger partial charge in [0.15, 0.2) is 17.3 Å². The smallest absolute Gasteiger partial charge is 0.336 e. The molecule has 0 saturated carbocycles.